The Morgan fingerprint density at radius 1 is 1.29 bits per heavy atom. The first-order valence-corrected chi connectivity index (χ1v) is 8.52. The second kappa shape index (κ2) is 7.27. The molecule has 1 aromatic carbocycles. The summed E-state index contributed by atoms with van der Waals surface area (Å²) in [5.41, 5.74) is 2.74. The Kier molecular flexibility index (Phi) is 4.91. The lowest BCUT2D eigenvalue weighted by atomic mass is 10.1. The van der Waals surface area contributed by atoms with E-state index in [1.54, 1.807) is 17.4 Å². The van der Waals surface area contributed by atoms with Crippen LogP contribution in [0.4, 0.5) is 0 Å². The van der Waals surface area contributed by atoms with Crippen molar-refractivity contribution in [1.82, 2.24) is 0 Å². The fourth-order valence-electron chi connectivity index (χ4n) is 2.34. The van der Waals surface area contributed by atoms with Gasteiger partial charge in [0.2, 0.25) is 0 Å². The Labute approximate surface area is 143 Å². The third kappa shape index (κ3) is 3.81. The van der Waals surface area contributed by atoms with Gasteiger partial charge in [-0.25, -0.2) is 9.59 Å². The van der Waals surface area contributed by atoms with Crippen LogP contribution in [0.1, 0.15) is 23.6 Å². The molecule has 0 atom stereocenters. The Hall–Kier alpha value is -2.66. The van der Waals surface area contributed by atoms with Crippen molar-refractivity contribution < 1.29 is 13.9 Å². The number of hydrogen-bond donors (Lipinski definition) is 0. The maximum Gasteiger partial charge on any atom is 0.336 e. The lowest BCUT2D eigenvalue weighted by Gasteiger charge is -2.07. The smallest absolute Gasteiger partial charge is 0.336 e. The van der Waals surface area contributed by atoms with Crippen molar-refractivity contribution in [3.63, 3.8) is 0 Å². The van der Waals surface area contributed by atoms with Gasteiger partial charge in [-0.1, -0.05) is 19.1 Å². The van der Waals surface area contributed by atoms with Gasteiger partial charge in [0.1, 0.15) is 12.2 Å². The van der Waals surface area contributed by atoms with Crippen molar-refractivity contribution in [3.05, 3.63) is 74.3 Å². The first-order valence-electron chi connectivity index (χ1n) is 7.58. The summed E-state index contributed by atoms with van der Waals surface area (Å²) in [5.74, 6) is -0.451. The summed E-state index contributed by atoms with van der Waals surface area (Å²) in [6.45, 7) is 2.06. The van der Waals surface area contributed by atoms with Gasteiger partial charge in [-0.3, -0.25) is 0 Å². The van der Waals surface area contributed by atoms with Crippen LogP contribution in [-0.2, 0) is 22.6 Å². The topological polar surface area (TPSA) is 56.5 Å². The number of fused-ring (bicyclic) bond motifs is 1. The normalized spacial score (nSPS) is 11.2. The Morgan fingerprint density at radius 3 is 2.92 bits per heavy atom. The van der Waals surface area contributed by atoms with Crippen molar-refractivity contribution >= 4 is 34.4 Å². The SMILES string of the molecule is CCc1ccc2c(COC(=O)/C=C/c3ccsc3)cc(=O)oc2c1. The quantitative estimate of drug-likeness (QED) is 0.397. The van der Waals surface area contributed by atoms with E-state index >= 15 is 0 Å². The van der Waals surface area contributed by atoms with Gasteiger partial charge in [0.15, 0.2) is 0 Å². The van der Waals surface area contributed by atoms with Gasteiger partial charge in [-0.05, 0) is 46.5 Å². The first-order chi connectivity index (χ1) is 11.7. The predicted molar refractivity (Wildman–Crippen MR) is 95.0 cm³/mol. The second-order valence-corrected chi connectivity index (χ2v) is 6.05. The molecular formula is C19H16O4S. The number of rotatable bonds is 5. The minimum absolute atomic E-state index is 0.0282. The average molecular weight is 340 g/mol. The zero-order valence-corrected chi connectivity index (χ0v) is 14.0. The van der Waals surface area contributed by atoms with E-state index in [-0.39, 0.29) is 6.61 Å². The van der Waals surface area contributed by atoms with Crippen molar-refractivity contribution in [2.45, 2.75) is 20.0 Å². The summed E-state index contributed by atoms with van der Waals surface area (Å²) in [7, 11) is 0. The predicted octanol–water partition coefficient (Wildman–Crippen LogP) is 4.17. The second-order valence-electron chi connectivity index (χ2n) is 5.27. The van der Waals surface area contributed by atoms with Crippen molar-refractivity contribution in [1.29, 1.82) is 0 Å². The fourth-order valence-corrected chi connectivity index (χ4v) is 2.97. The van der Waals surface area contributed by atoms with Crippen molar-refractivity contribution in [2.24, 2.45) is 0 Å². The lowest BCUT2D eigenvalue weighted by molar-refractivity contribution is -0.138. The van der Waals surface area contributed by atoms with Gasteiger partial charge >= 0.3 is 11.6 Å². The molecule has 24 heavy (non-hydrogen) atoms. The minimum atomic E-state index is -0.451. The van der Waals surface area contributed by atoms with Crippen LogP contribution in [0.3, 0.4) is 0 Å². The summed E-state index contributed by atoms with van der Waals surface area (Å²) in [6, 6.07) is 8.99. The molecule has 0 saturated heterocycles. The first kappa shape index (κ1) is 16.2. The summed E-state index contributed by atoms with van der Waals surface area (Å²) in [5, 5.41) is 4.65. The molecule has 0 bridgehead atoms. The highest BCUT2D eigenvalue weighted by Crippen LogP contribution is 2.20. The Bertz CT molecular complexity index is 936. The van der Waals surface area contributed by atoms with E-state index in [0.29, 0.717) is 11.1 Å². The summed E-state index contributed by atoms with van der Waals surface area (Å²) >= 11 is 1.56. The molecule has 5 heteroatoms. The van der Waals surface area contributed by atoms with Crippen LogP contribution in [0.25, 0.3) is 17.0 Å². The standard InChI is InChI=1S/C19H16O4S/c1-2-13-3-5-16-15(10-19(21)23-17(16)9-13)11-22-18(20)6-4-14-7-8-24-12-14/h3-10,12H,2,11H2,1H3/b6-4+. The molecule has 0 unspecified atom stereocenters. The van der Waals surface area contributed by atoms with E-state index in [2.05, 4.69) is 0 Å². The molecule has 0 amide bonds. The van der Waals surface area contributed by atoms with Gasteiger partial charge in [0, 0.05) is 23.1 Å². The van der Waals surface area contributed by atoms with Gasteiger partial charge in [-0.2, -0.15) is 11.3 Å². The van der Waals surface area contributed by atoms with E-state index < -0.39 is 11.6 Å². The van der Waals surface area contributed by atoms with Crippen LogP contribution in [0.5, 0.6) is 0 Å². The fraction of sp³-hybridized carbons (Fsp3) is 0.158. The third-order valence-electron chi connectivity index (χ3n) is 3.63. The van der Waals surface area contributed by atoms with Gasteiger partial charge in [0.25, 0.3) is 0 Å². The van der Waals surface area contributed by atoms with Crippen LogP contribution >= 0.6 is 11.3 Å². The average Bonchev–Trinajstić information content (AvgIpc) is 3.10. The maximum atomic E-state index is 11.8. The van der Waals surface area contributed by atoms with Gasteiger partial charge in [-0.15, -0.1) is 0 Å². The largest absolute Gasteiger partial charge is 0.458 e. The molecule has 0 saturated carbocycles. The van der Waals surface area contributed by atoms with Crippen LogP contribution in [0.2, 0.25) is 0 Å². The number of benzene rings is 1. The lowest BCUT2D eigenvalue weighted by Crippen LogP contribution is -2.05. The number of carbonyl (C=O) groups is 1. The number of esters is 1. The molecule has 2 aromatic heterocycles. The van der Waals surface area contributed by atoms with Crippen molar-refractivity contribution in [2.75, 3.05) is 0 Å². The monoisotopic (exact) mass is 340 g/mol. The molecule has 3 aromatic rings. The number of aryl methyl sites for hydroxylation is 1. The Morgan fingerprint density at radius 2 is 2.17 bits per heavy atom. The summed E-state index contributed by atoms with van der Waals surface area (Å²) in [4.78, 5) is 23.5. The third-order valence-corrected chi connectivity index (χ3v) is 4.33. The highest BCUT2D eigenvalue weighted by molar-refractivity contribution is 7.08. The van der Waals surface area contributed by atoms with E-state index in [0.717, 1.165) is 22.9 Å². The molecule has 3 rings (SSSR count). The molecule has 0 aliphatic heterocycles. The van der Waals surface area contributed by atoms with Crippen molar-refractivity contribution in [3.8, 4) is 0 Å². The van der Waals surface area contributed by atoms with E-state index in [1.165, 1.54) is 12.1 Å². The van der Waals surface area contributed by atoms with Crippen LogP contribution in [0.15, 0.2) is 56.4 Å². The zero-order valence-electron chi connectivity index (χ0n) is 13.2. The number of thiophene rings is 1. The molecule has 0 fully saturated rings. The molecular weight excluding hydrogens is 324 g/mol. The van der Waals surface area contributed by atoms with E-state index in [9.17, 15) is 9.59 Å². The van der Waals surface area contributed by atoms with Gasteiger partial charge < -0.3 is 9.15 Å². The molecule has 0 spiro atoms. The van der Waals surface area contributed by atoms with Gasteiger partial charge in [0.05, 0.1) is 0 Å². The number of carbonyl (C=O) groups excluding carboxylic acids is 1. The number of ether oxygens (including phenoxy) is 1. The van der Waals surface area contributed by atoms with E-state index in [1.807, 2.05) is 41.9 Å². The molecule has 0 radical (unpaired) electrons. The highest BCUT2D eigenvalue weighted by Gasteiger charge is 2.08. The summed E-state index contributed by atoms with van der Waals surface area (Å²) in [6.07, 6.45) is 3.93. The van der Waals surface area contributed by atoms with E-state index in [4.69, 9.17) is 9.15 Å². The molecule has 0 aliphatic carbocycles. The minimum Gasteiger partial charge on any atom is -0.458 e. The molecule has 4 nitrogen and oxygen atoms in total. The molecule has 122 valence electrons. The highest BCUT2D eigenvalue weighted by atomic mass is 32.1. The van der Waals surface area contributed by atoms with Crippen LogP contribution in [0, 0.1) is 0 Å². The molecule has 0 N–H and O–H groups in total. The van der Waals surface area contributed by atoms with Crippen LogP contribution in [-0.4, -0.2) is 5.97 Å². The number of hydrogen-bond acceptors (Lipinski definition) is 5. The van der Waals surface area contributed by atoms with Crippen LogP contribution < -0.4 is 5.63 Å². The molecule has 2 heterocycles. The molecule has 0 aliphatic rings. The summed E-state index contributed by atoms with van der Waals surface area (Å²) < 4.78 is 10.5. The zero-order chi connectivity index (χ0) is 16.9. The Balaban J connectivity index is 1.77. The maximum absolute atomic E-state index is 11.8.